The Morgan fingerprint density at radius 2 is 1.66 bits per heavy atom. The summed E-state index contributed by atoms with van der Waals surface area (Å²) < 4.78 is 49.0. The van der Waals surface area contributed by atoms with E-state index in [1.807, 2.05) is 42.2 Å². The first kappa shape index (κ1) is 31.7. The lowest BCUT2D eigenvalue weighted by Crippen LogP contribution is -2.48. The van der Waals surface area contributed by atoms with Gasteiger partial charge in [-0.3, -0.25) is 9.59 Å². The van der Waals surface area contributed by atoms with Crippen LogP contribution in [0.4, 0.5) is 8.78 Å². The molecule has 7 nitrogen and oxygen atoms in total. The second-order valence-corrected chi connectivity index (χ2v) is 11.4. The third-order valence-corrected chi connectivity index (χ3v) is 7.94. The fraction of sp³-hybridized carbons (Fsp3) is 0.481. The first-order valence-corrected chi connectivity index (χ1v) is 14.4. The monoisotopic (exact) mass is 571 g/mol. The van der Waals surface area contributed by atoms with E-state index in [4.69, 9.17) is 0 Å². The predicted molar refractivity (Wildman–Crippen MR) is 145 cm³/mol. The molecular weight excluding hydrogens is 536 g/mol. The Bertz CT molecular complexity index is 1140. The maximum absolute atomic E-state index is 13.0. The number of benzene rings is 2. The number of hydrogen-bond acceptors (Lipinski definition) is 5. The van der Waals surface area contributed by atoms with Crippen molar-refractivity contribution in [2.75, 3.05) is 32.4 Å². The quantitative estimate of drug-likeness (QED) is 0.442. The van der Waals surface area contributed by atoms with E-state index in [0.29, 0.717) is 19.5 Å². The van der Waals surface area contributed by atoms with Crippen LogP contribution >= 0.6 is 12.4 Å². The molecule has 0 bridgehead atoms. The summed E-state index contributed by atoms with van der Waals surface area (Å²) in [6, 6.07) is 15.1. The number of nitrogens with zero attached hydrogens (tertiary/aromatic N) is 2. The van der Waals surface area contributed by atoms with Crippen molar-refractivity contribution in [2.45, 2.75) is 56.0 Å². The van der Waals surface area contributed by atoms with E-state index in [0.717, 1.165) is 43.3 Å². The molecule has 2 aromatic carbocycles. The van der Waals surface area contributed by atoms with E-state index < -0.39 is 28.2 Å². The summed E-state index contributed by atoms with van der Waals surface area (Å²) in [5, 5.41) is 2.46. The van der Waals surface area contributed by atoms with Crippen LogP contribution in [0.15, 0.2) is 59.5 Å². The number of amides is 2. The van der Waals surface area contributed by atoms with Crippen LogP contribution in [0.5, 0.6) is 0 Å². The maximum atomic E-state index is 13.0. The number of carbonyl (C=O) groups excluding carboxylic acids is 2. The zero-order chi connectivity index (χ0) is 27.0. The van der Waals surface area contributed by atoms with Crippen molar-refractivity contribution in [3.63, 3.8) is 0 Å². The predicted octanol–water partition coefficient (Wildman–Crippen LogP) is 3.88. The summed E-state index contributed by atoms with van der Waals surface area (Å²) in [5.74, 6) is -1.26. The SMILES string of the molecule is CCN(C(=O)Cc1ccc(S(C)(=O)=O)cc1)C1CCN(CCC(NC(=O)C(F)F)c2ccccc2)CC1.Cl. The first-order valence-electron chi connectivity index (χ1n) is 12.5. The summed E-state index contributed by atoms with van der Waals surface area (Å²) in [4.78, 5) is 29.0. The number of alkyl halides is 2. The highest BCUT2D eigenvalue weighted by molar-refractivity contribution is 7.90. The Kier molecular flexibility index (Phi) is 12.1. The highest BCUT2D eigenvalue weighted by atomic mass is 35.5. The van der Waals surface area contributed by atoms with Crippen LogP contribution in [0, 0.1) is 0 Å². The zero-order valence-corrected chi connectivity index (χ0v) is 23.3. The van der Waals surface area contributed by atoms with Gasteiger partial charge in [0.1, 0.15) is 0 Å². The Morgan fingerprint density at radius 1 is 1.05 bits per heavy atom. The Hall–Kier alpha value is -2.56. The number of sulfone groups is 1. The van der Waals surface area contributed by atoms with Crippen molar-refractivity contribution < 1.29 is 26.8 Å². The summed E-state index contributed by atoms with van der Waals surface area (Å²) >= 11 is 0. The lowest BCUT2D eigenvalue weighted by atomic mass is 9.99. The molecule has 0 aromatic heterocycles. The maximum Gasteiger partial charge on any atom is 0.315 e. The van der Waals surface area contributed by atoms with Gasteiger partial charge >= 0.3 is 6.43 Å². The fourth-order valence-electron chi connectivity index (χ4n) is 4.78. The van der Waals surface area contributed by atoms with E-state index in [1.165, 1.54) is 12.1 Å². The smallest absolute Gasteiger partial charge is 0.315 e. The summed E-state index contributed by atoms with van der Waals surface area (Å²) in [6.07, 6.45) is 0.405. The van der Waals surface area contributed by atoms with Gasteiger partial charge in [-0.15, -0.1) is 12.4 Å². The van der Waals surface area contributed by atoms with Crippen LogP contribution in [0.3, 0.4) is 0 Å². The van der Waals surface area contributed by atoms with E-state index in [9.17, 15) is 26.8 Å². The van der Waals surface area contributed by atoms with Crippen LogP contribution in [-0.2, 0) is 25.8 Å². The third kappa shape index (κ3) is 9.03. The number of hydrogen-bond donors (Lipinski definition) is 1. The number of halogens is 3. The average molecular weight is 572 g/mol. The van der Waals surface area contributed by atoms with Gasteiger partial charge in [-0.1, -0.05) is 42.5 Å². The van der Waals surface area contributed by atoms with Crippen molar-refractivity contribution in [2.24, 2.45) is 0 Å². The van der Waals surface area contributed by atoms with E-state index >= 15 is 0 Å². The molecule has 2 aromatic rings. The summed E-state index contributed by atoms with van der Waals surface area (Å²) in [5.41, 5.74) is 1.56. The van der Waals surface area contributed by atoms with Gasteiger partial charge in [0.05, 0.1) is 17.4 Å². The molecule has 11 heteroatoms. The minimum Gasteiger partial charge on any atom is -0.344 e. The molecule has 1 unspecified atom stereocenters. The average Bonchev–Trinajstić information content (AvgIpc) is 2.88. The van der Waals surface area contributed by atoms with Gasteiger partial charge in [-0.25, -0.2) is 8.42 Å². The topological polar surface area (TPSA) is 86.8 Å². The molecule has 38 heavy (non-hydrogen) atoms. The van der Waals surface area contributed by atoms with Crippen molar-refractivity contribution in [1.29, 1.82) is 0 Å². The number of carbonyl (C=O) groups is 2. The number of likely N-dealkylation sites (tertiary alicyclic amines) is 1. The molecule has 0 spiro atoms. The largest absolute Gasteiger partial charge is 0.344 e. The molecule has 0 saturated carbocycles. The molecule has 1 heterocycles. The molecule has 1 saturated heterocycles. The molecule has 1 atom stereocenters. The minimum atomic E-state index is -3.28. The van der Waals surface area contributed by atoms with Gasteiger partial charge in [-0.2, -0.15) is 8.78 Å². The van der Waals surface area contributed by atoms with Crippen LogP contribution in [0.2, 0.25) is 0 Å². The molecular formula is C27H36ClF2N3O4S. The molecule has 1 fully saturated rings. The fourth-order valence-corrected chi connectivity index (χ4v) is 5.41. The lowest BCUT2D eigenvalue weighted by molar-refractivity contribution is -0.133. The van der Waals surface area contributed by atoms with Crippen molar-refractivity contribution in [3.05, 3.63) is 65.7 Å². The van der Waals surface area contributed by atoms with Gasteiger partial charge in [0.2, 0.25) is 5.91 Å². The second kappa shape index (κ2) is 14.6. The molecule has 1 aliphatic heterocycles. The van der Waals surface area contributed by atoms with Crippen LogP contribution < -0.4 is 5.32 Å². The number of nitrogens with one attached hydrogen (secondary N) is 1. The van der Waals surface area contributed by atoms with Crippen LogP contribution in [0.1, 0.15) is 43.4 Å². The summed E-state index contributed by atoms with van der Waals surface area (Å²) in [7, 11) is -3.28. The number of rotatable bonds is 11. The van der Waals surface area contributed by atoms with Gasteiger partial charge in [0.15, 0.2) is 9.84 Å². The molecule has 1 aliphatic rings. The van der Waals surface area contributed by atoms with Crippen molar-refractivity contribution in [1.82, 2.24) is 15.1 Å². The van der Waals surface area contributed by atoms with E-state index in [1.54, 1.807) is 12.1 Å². The zero-order valence-electron chi connectivity index (χ0n) is 21.7. The highest BCUT2D eigenvalue weighted by Gasteiger charge is 2.28. The van der Waals surface area contributed by atoms with Gasteiger partial charge < -0.3 is 15.1 Å². The van der Waals surface area contributed by atoms with Crippen LogP contribution in [0.25, 0.3) is 0 Å². The van der Waals surface area contributed by atoms with Gasteiger partial charge in [-0.05, 0) is 49.4 Å². The molecule has 2 amide bonds. The normalized spacial score (nSPS) is 15.5. The molecule has 0 aliphatic carbocycles. The molecule has 1 N–H and O–H groups in total. The van der Waals surface area contributed by atoms with Crippen molar-refractivity contribution >= 4 is 34.1 Å². The van der Waals surface area contributed by atoms with E-state index in [-0.39, 0.29) is 35.7 Å². The Morgan fingerprint density at radius 3 is 2.18 bits per heavy atom. The van der Waals surface area contributed by atoms with Crippen molar-refractivity contribution in [3.8, 4) is 0 Å². The highest BCUT2D eigenvalue weighted by Crippen LogP contribution is 2.22. The minimum absolute atomic E-state index is 0. The lowest BCUT2D eigenvalue weighted by Gasteiger charge is -2.38. The third-order valence-electron chi connectivity index (χ3n) is 6.82. The first-order chi connectivity index (χ1) is 17.6. The second-order valence-electron chi connectivity index (χ2n) is 9.41. The molecule has 0 radical (unpaired) electrons. The van der Waals surface area contributed by atoms with E-state index in [2.05, 4.69) is 10.2 Å². The van der Waals surface area contributed by atoms with Crippen LogP contribution in [-0.4, -0.2) is 74.9 Å². The molecule has 3 rings (SSSR count). The number of likely N-dealkylation sites (N-methyl/N-ethyl adjacent to an activating group) is 1. The number of piperidine rings is 1. The van der Waals surface area contributed by atoms with Gasteiger partial charge in [0, 0.05) is 38.5 Å². The Labute approximate surface area is 229 Å². The molecule has 210 valence electrons. The summed E-state index contributed by atoms with van der Waals surface area (Å²) in [6.45, 7) is 4.71. The van der Waals surface area contributed by atoms with Gasteiger partial charge in [0.25, 0.3) is 5.91 Å². The Balaban J connectivity index is 0.00000507. The standard InChI is InChI=1S/C27H35F2N3O4S.ClH/c1-3-32(25(33)19-20-9-11-23(12-10-20)37(2,35)36)22-13-16-31(17-14-22)18-15-24(30-27(34)26(28)29)21-7-5-4-6-8-21;/h4-12,22,24,26H,3,13-19H2,1-2H3,(H,30,34);1H.